The fraction of sp³-hybridized carbons (Fsp3) is 0.533. The van der Waals surface area contributed by atoms with Crippen LogP contribution in [0, 0.1) is 0 Å². The summed E-state index contributed by atoms with van der Waals surface area (Å²) in [5, 5.41) is 12.0. The molecule has 1 aliphatic heterocycles. The van der Waals surface area contributed by atoms with E-state index in [-0.39, 0.29) is 6.04 Å². The second-order valence-corrected chi connectivity index (χ2v) is 5.17. The Kier molecular flexibility index (Phi) is 5.21. The van der Waals surface area contributed by atoms with Crippen LogP contribution in [0.15, 0.2) is 35.5 Å². The summed E-state index contributed by atoms with van der Waals surface area (Å²) in [4.78, 5) is 2.47. The van der Waals surface area contributed by atoms with Crippen LogP contribution >= 0.6 is 0 Å². The average Bonchev–Trinajstić information content (AvgIpc) is 2.74. The van der Waals surface area contributed by atoms with E-state index in [0.717, 1.165) is 13.1 Å². The van der Waals surface area contributed by atoms with E-state index in [2.05, 4.69) is 22.2 Å². The molecule has 0 bridgehead atoms. The number of nitrogens with zero attached hydrogens (tertiary/aromatic N) is 2. The van der Waals surface area contributed by atoms with Crippen LogP contribution < -0.4 is 5.73 Å². The molecule has 0 amide bonds. The van der Waals surface area contributed by atoms with E-state index in [1.165, 1.54) is 31.2 Å². The van der Waals surface area contributed by atoms with Gasteiger partial charge < -0.3 is 10.9 Å². The molecule has 1 unspecified atom stereocenters. The molecule has 1 heterocycles. The van der Waals surface area contributed by atoms with Gasteiger partial charge in [0.2, 0.25) is 0 Å². The Hall–Kier alpha value is -1.55. The normalized spacial score (nSPS) is 19.9. The van der Waals surface area contributed by atoms with Gasteiger partial charge >= 0.3 is 0 Å². The first-order valence-corrected chi connectivity index (χ1v) is 7.06. The summed E-state index contributed by atoms with van der Waals surface area (Å²) in [5.74, 6) is 0.304. The molecule has 0 aromatic heterocycles. The van der Waals surface area contributed by atoms with Crippen LogP contribution in [-0.2, 0) is 0 Å². The molecule has 0 saturated carbocycles. The molecule has 1 saturated heterocycles. The summed E-state index contributed by atoms with van der Waals surface area (Å²) in [6, 6.07) is 10.6. The third-order valence-electron chi connectivity index (χ3n) is 3.80. The molecule has 1 atom stereocenters. The summed E-state index contributed by atoms with van der Waals surface area (Å²) >= 11 is 0. The van der Waals surface area contributed by atoms with Crippen LogP contribution in [0.1, 0.15) is 43.7 Å². The summed E-state index contributed by atoms with van der Waals surface area (Å²) in [6.07, 6.45) is 5.67. The van der Waals surface area contributed by atoms with E-state index in [0.29, 0.717) is 12.3 Å². The molecule has 1 aliphatic rings. The smallest absolute Gasteiger partial charge is 0.141 e. The monoisotopic (exact) mass is 261 g/mol. The van der Waals surface area contributed by atoms with E-state index in [4.69, 9.17) is 10.9 Å². The van der Waals surface area contributed by atoms with Crippen molar-refractivity contribution in [2.45, 2.75) is 38.1 Å². The lowest BCUT2D eigenvalue weighted by molar-refractivity contribution is 0.207. The molecule has 1 aromatic carbocycles. The molecule has 0 aliphatic carbocycles. The first-order valence-electron chi connectivity index (χ1n) is 7.06. The van der Waals surface area contributed by atoms with E-state index >= 15 is 0 Å². The van der Waals surface area contributed by atoms with E-state index in [1.54, 1.807) is 0 Å². The second-order valence-electron chi connectivity index (χ2n) is 5.17. The maximum atomic E-state index is 8.83. The minimum absolute atomic E-state index is 0.218. The highest BCUT2D eigenvalue weighted by atomic mass is 16.4. The zero-order valence-corrected chi connectivity index (χ0v) is 11.3. The highest BCUT2D eigenvalue weighted by Crippen LogP contribution is 2.27. The standard InChI is InChI=1S/C15H23N3O/c16-15(17-19)12-14(13-8-4-3-5-9-13)18-10-6-1-2-7-11-18/h3-5,8-9,14,19H,1-2,6-7,10-12H2,(H2,16,17). The predicted molar refractivity (Wildman–Crippen MR) is 77.2 cm³/mol. The quantitative estimate of drug-likeness (QED) is 0.379. The Morgan fingerprint density at radius 1 is 1.16 bits per heavy atom. The summed E-state index contributed by atoms with van der Waals surface area (Å²) < 4.78 is 0. The number of hydrogen-bond acceptors (Lipinski definition) is 3. The molecule has 4 nitrogen and oxygen atoms in total. The van der Waals surface area contributed by atoms with Crippen molar-refractivity contribution >= 4 is 5.84 Å². The molecule has 3 N–H and O–H groups in total. The van der Waals surface area contributed by atoms with Gasteiger partial charge in [0.1, 0.15) is 5.84 Å². The summed E-state index contributed by atoms with van der Waals surface area (Å²) in [7, 11) is 0. The zero-order chi connectivity index (χ0) is 13.5. The molecule has 2 rings (SSSR count). The van der Waals surface area contributed by atoms with Crippen LogP contribution in [0.3, 0.4) is 0 Å². The van der Waals surface area contributed by atoms with Crippen molar-refractivity contribution in [1.82, 2.24) is 4.90 Å². The lowest BCUT2D eigenvalue weighted by Crippen LogP contribution is -2.33. The number of amidine groups is 1. The molecule has 0 radical (unpaired) electrons. The van der Waals surface area contributed by atoms with Gasteiger partial charge in [0, 0.05) is 12.5 Å². The fourth-order valence-corrected chi connectivity index (χ4v) is 2.78. The van der Waals surface area contributed by atoms with Crippen molar-refractivity contribution in [2.75, 3.05) is 13.1 Å². The molecule has 1 aromatic rings. The van der Waals surface area contributed by atoms with Crippen LogP contribution in [0.25, 0.3) is 0 Å². The van der Waals surface area contributed by atoms with Gasteiger partial charge in [-0.3, -0.25) is 4.90 Å². The predicted octanol–water partition coefficient (Wildman–Crippen LogP) is 2.74. The molecule has 0 spiro atoms. The Labute approximate surface area is 114 Å². The molecule has 4 heteroatoms. The highest BCUT2D eigenvalue weighted by Gasteiger charge is 2.22. The van der Waals surface area contributed by atoms with Crippen LogP contribution in [-0.4, -0.2) is 29.0 Å². The van der Waals surface area contributed by atoms with E-state index in [1.807, 2.05) is 18.2 Å². The maximum absolute atomic E-state index is 8.83. The van der Waals surface area contributed by atoms with Gasteiger partial charge in [0.25, 0.3) is 0 Å². The molecule has 104 valence electrons. The molecular formula is C15H23N3O. The van der Waals surface area contributed by atoms with Crippen molar-refractivity contribution in [3.63, 3.8) is 0 Å². The lowest BCUT2D eigenvalue weighted by Gasteiger charge is -2.30. The summed E-state index contributed by atoms with van der Waals surface area (Å²) in [6.45, 7) is 2.19. The molecule has 1 fully saturated rings. The van der Waals surface area contributed by atoms with Gasteiger partial charge in [-0.2, -0.15) is 0 Å². The van der Waals surface area contributed by atoms with Crippen molar-refractivity contribution in [3.8, 4) is 0 Å². The average molecular weight is 261 g/mol. The number of rotatable bonds is 4. The lowest BCUT2D eigenvalue weighted by atomic mass is 10.0. The summed E-state index contributed by atoms with van der Waals surface area (Å²) in [5.41, 5.74) is 6.98. The van der Waals surface area contributed by atoms with Crippen molar-refractivity contribution in [1.29, 1.82) is 0 Å². The zero-order valence-electron chi connectivity index (χ0n) is 11.3. The molecule has 19 heavy (non-hydrogen) atoms. The van der Waals surface area contributed by atoms with Crippen molar-refractivity contribution in [2.24, 2.45) is 10.9 Å². The Bertz CT molecular complexity index is 397. The second kappa shape index (κ2) is 7.14. The van der Waals surface area contributed by atoms with E-state index in [9.17, 15) is 0 Å². The topological polar surface area (TPSA) is 61.8 Å². The van der Waals surface area contributed by atoms with Crippen molar-refractivity contribution < 1.29 is 5.21 Å². The highest BCUT2D eigenvalue weighted by molar-refractivity contribution is 5.80. The number of hydrogen-bond donors (Lipinski definition) is 2. The Morgan fingerprint density at radius 3 is 2.37 bits per heavy atom. The molecular weight excluding hydrogens is 238 g/mol. The van der Waals surface area contributed by atoms with Crippen LogP contribution in [0.5, 0.6) is 0 Å². The van der Waals surface area contributed by atoms with Crippen LogP contribution in [0.2, 0.25) is 0 Å². The van der Waals surface area contributed by atoms with Gasteiger partial charge in [-0.25, -0.2) is 0 Å². The van der Waals surface area contributed by atoms with Gasteiger partial charge in [-0.15, -0.1) is 0 Å². The third-order valence-corrected chi connectivity index (χ3v) is 3.80. The van der Waals surface area contributed by atoms with E-state index < -0.39 is 0 Å². The maximum Gasteiger partial charge on any atom is 0.141 e. The fourth-order valence-electron chi connectivity index (χ4n) is 2.78. The number of oxime groups is 1. The minimum atomic E-state index is 0.218. The Balaban J connectivity index is 2.17. The number of likely N-dealkylation sites (tertiary alicyclic amines) is 1. The van der Waals surface area contributed by atoms with Gasteiger partial charge in [0.05, 0.1) is 0 Å². The third kappa shape index (κ3) is 3.96. The number of nitrogens with two attached hydrogens (primary N) is 1. The SMILES string of the molecule is NC(CC(c1ccccc1)N1CCCCCC1)=NO. The first-order chi connectivity index (χ1) is 9.31. The van der Waals surface area contributed by atoms with Crippen LogP contribution in [0.4, 0.5) is 0 Å². The van der Waals surface area contributed by atoms with Crippen molar-refractivity contribution in [3.05, 3.63) is 35.9 Å². The largest absolute Gasteiger partial charge is 0.409 e. The Morgan fingerprint density at radius 2 is 1.79 bits per heavy atom. The number of benzene rings is 1. The minimum Gasteiger partial charge on any atom is -0.409 e. The van der Waals surface area contributed by atoms with Gasteiger partial charge in [0.15, 0.2) is 0 Å². The van der Waals surface area contributed by atoms with Gasteiger partial charge in [-0.05, 0) is 31.5 Å². The van der Waals surface area contributed by atoms with Gasteiger partial charge in [-0.1, -0.05) is 48.3 Å². The first kappa shape index (κ1) is 13.9.